The van der Waals surface area contributed by atoms with Gasteiger partial charge in [-0.05, 0) is 56.3 Å². The third-order valence-electron chi connectivity index (χ3n) is 5.99. The number of hydrazone groups is 1. The summed E-state index contributed by atoms with van der Waals surface area (Å²) in [5, 5.41) is 16.5. The monoisotopic (exact) mass is 599 g/mol. The molecule has 0 unspecified atom stereocenters. The number of nitro groups is 1. The lowest BCUT2D eigenvalue weighted by Gasteiger charge is -2.23. The van der Waals surface area contributed by atoms with Gasteiger partial charge in [-0.3, -0.25) is 14.9 Å². The van der Waals surface area contributed by atoms with Gasteiger partial charge in [0.15, 0.2) is 0 Å². The molecule has 0 atom stereocenters. The molecule has 206 valence electrons. The second-order valence-corrected chi connectivity index (χ2v) is 11.3. The fourth-order valence-corrected chi connectivity index (χ4v) is 5.88. The van der Waals surface area contributed by atoms with E-state index in [4.69, 9.17) is 23.2 Å². The molecule has 4 aromatic rings. The molecule has 0 saturated carbocycles. The predicted molar refractivity (Wildman–Crippen MR) is 155 cm³/mol. The molecule has 1 aromatic heterocycles. The molecule has 0 fully saturated rings. The van der Waals surface area contributed by atoms with Crippen molar-refractivity contribution in [3.63, 3.8) is 0 Å². The van der Waals surface area contributed by atoms with E-state index in [1.165, 1.54) is 54.7 Å². The predicted octanol–water partition coefficient (Wildman–Crippen LogP) is 5.65. The van der Waals surface area contributed by atoms with Crippen molar-refractivity contribution in [2.24, 2.45) is 5.10 Å². The van der Waals surface area contributed by atoms with Gasteiger partial charge >= 0.3 is 0 Å². The van der Waals surface area contributed by atoms with Crippen molar-refractivity contribution >= 4 is 56.7 Å². The van der Waals surface area contributed by atoms with E-state index in [2.05, 4.69) is 10.5 Å². The summed E-state index contributed by atoms with van der Waals surface area (Å²) in [5.74, 6) is -0.799. The van der Waals surface area contributed by atoms with Crippen molar-refractivity contribution in [2.75, 3.05) is 10.8 Å². The fraction of sp³-hybridized carbons (Fsp3) is 0.111. The first-order chi connectivity index (χ1) is 19.0. The zero-order valence-electron chi connectivity index (χ0n) is 21.3. The minimum absolute atomic E-state index is 0.126. The molecule has 1 N–H and O–H groups in total. The Morgan fingerprint density at radius 2 is 1.70 bits per heavy atom. The maximum absolute atomic E-state index is 13.5. The number of hydrogen-bond acceptors (Lipinski definition) is 6. The second-order valence-electron chi connectivity index (χ2n) is 8.62. The van der Waals surface area contributed by atoms with E-state index in [0.717, 1.165) is 17.1 Å². The SMILES string of the molecule is Cc1cc(/C=N\NC(=O)CN(c2ccccc2[N+](=O)[O-])S(=O)(=O)c2ccccc2)c(C)n1-c1ccc(Cl)c(Cl)c1. The van der Waals surface area contributed by atoms with Crippen LogP contribution in [0, 0.1) is 24.0 Å². The Bertz CT molecular complexity index is 1720. The highest BCUT2D eigenvalue weighted by molar-refractivity contribution is 7.92. The Balaban J connectivity index is 1.60. The molecule has 0 saturated heterocycles. The Morgan fingerprint density at radius 3 is 2.38 bits per heavy atom. The number of nitro benzene ring substituents is 1. The molecule has 0 radical (unpaired) electrons. The maximum atomic E-state index is 13.5. The molecule has 10 nitrogen and oxygen atoms in total. The molecule has 0 spiro atoms. The zero-order valence-corrected chi connectivity index (χ0v) is 23.6. The minimum Gasteiger partial charge on any atom is -0.318 e. The highest BCUT2D eigenvalue weighted by atomic mass is 35.5. The van der Waals surface area contributed by atoms with Crippen molar-refractivity contribution in [1.82, 2.24) is 9.99 Å². The molecule has 0 aliphatic rings. The lowest BCUT2D eigenvalue weighted by molar-refractivity contribution is -0.384. The summed E-state index contributed by atoms with van der Waals surface area (Å²) in [6.07, 6.45) is 1.43. The van der Waals surface area contributed by atoms with Crippen LogP contribution in [0.3, 0.4) is 0 Å². The number of anilines is 1. The van der Waals surface area contributed by atoms with E-state index >= 15 is 0 Å². The van der Waals surface area contributed by atoms with Crippen molar-refractivity contribution in [3.8, 4) is 5.69 Å². The van der Waals surface area contributed by atoms with Gasteiger partial charge in [0, 0.05) is 28.7 Å². The van der Waals surface area contributed by atoms with Crippen LogP contribution in [0.2, 0.25) is 10.0 Å². The Kier molecular flexibility index (Phi) is 8.58. The average molecular weight is 600 g/mol. The van der Waals surface area contributed by atoms with Crippen molar-refractivity contribution in [1.29, 1.82) is 0 Å². The standard InChI is InChI=1S/C27H23Cl2N5O5S/c1-18-14-20(19(2)33(18)21-12-13-23(28)24(29)15-21)16-30-31-27(35)17-32(25-10-6-7-11-26(25)34(36)37)40(38,39)22-8-4-3-5-9-22/h3-16H,17H2,1-2H3,(H,31,35)/b30-16-. The zero-order chi connectivity index (χ0) is 29.0. The van der Waals surface area contributed by atoms with Gasteiger partial charge < -0.3 is 4.57 Å². The summed E-state index contributed by atoms with van der Waals surface area (Å²) in [4.78, 5) is 23.7. The number of nitrogens with one attached hydrogen (secondary N) is 1. The van der Waals surface area contributed by atoms with E-state index in [0.29, 0.717) is 19.9 Å². The molecule has 40 heavy (non-hydrogen) atoms. The number of aromatic nitrogens is 1. The minimum atomic E-state index is -4.34. The van der Waals surface area contributed by atoms with E-state index in [1.807, 2.05) is 30.5 Å². The molecule has 1 amide bonds. The Labute approximate surface area is 240 Å². The van der Waals surface area contributed by atoms with Gasteiger partial charge in [-0.2, -0.15) is 5.10 Å². The number of sulfonamides is 1. The summed E-state index contributed by atoms with van der Waals surface area (Å²) in [7, 11) is -4.34. The first kappa shape index (κ1) is 28.8. The van der Waals surface area contributed by atoms with Crippen LogP contribution < -0.4 is 9.73 Å². The Hall–Kier alpha value is -4.19. The van der Waals surface area contributed by atoms with Gasteiger partial charge in [-0.25, -0.2) is 18.1 Å². The molecule has 1 heterocycles. The molecule has 0 aliphatic carbocycles. The van der Waals surface area contributed by atoms with Gasteiger partial charge in [-0.15, -0.1) is 0 Å². The second kappa shape index (κ2) is 11.9. The van der Waals surface area contributed by atoms with E-state index in [9.17, 15) is 23.3 Å². The van der Waals surface area contributed by atoms with Crippen LogP contribution in [-0.4, -0.2) is 36.6 Å². The summed E-state index contributed by atoms with van der Waals surface area (Å²) < 4.78 is 29.6. The maximum Gasteiger partial charge on any atom is 0.293 e. The van der Waals surface area contributed by atoms with Crippen LogP contribution in [0.5, 0.6) is 0 Å². The molecular weight excluding hydrogens is 577 g/mol. The largest absolute Gasteiger partial charge is 0.318 e. The first-order valence-electron chi connectivity index (χ1n) is 11.8. The third kappa shape index (κ3) is 6.01. The van der Waals surface area contributed by atoms with Crippen molar-refractivity contribution < 1.29 is 18.1 Å². The normalized spacial score (nSPS) is 11.5. The highest BCUT2D eigenvalue weighted by Crippen LogP contribution is 2.32. The number of halogens is 2. The number of rotatable bonds is 9. The van der Waals surface area contributed by atoms with Crippen molar-refractivity contribution in [2.45, 2.75) is 18.7 Å². The lowest BCUT2D eigenvalue weighted by atomic mass is 10.2. The van der Waals surface area contributed by atoms with Crippen LogP contribution in [0.1, 0.15) is 17.0 Å². The van der Waals surface area contributed by atoms with Crippen LogP contribution in [0.25, 0.3) is 5.69 Å². The molecule has 0 bridgehead atoms. The van der Waals surface area contributed by atoms with E-state index < -0.39 is 33.1 Å². The quantitative estimate of drug-likeness (QED) is 0.151. The average Bonchev–Trinajstić information content (AvgIpc) is 3.21. The lowest BCUT2D eigenvalue weighted by Crippen LogP contribution is -2.39. The van der Waals surface area contributed by atoms with Crippen LogP contribution in [0.4, 0.5) is 11.4 Å². The summed E-state index contributed by atoms with van der Waals surface area (Å²) >= 11 is 12.2. The molecule has 0 aliphatic heterocycles. The molecule has 4 rings (SSSR count). The molecule has 13 heteroatoms. The van der Waals surface area contributed by atoms with E-state index in [-0.39, 0.29) is 10.6 Å². The number of para-hydroxylation sites is 2. The number of carbonyl (C=O) groups is 1. The fourth-order valence-electron chi connectivity index (χ4n) is 4.13. The van der Waals surface area contributed by atoms with Gasteiger partial charge in [0.05, 0.1) is 26.1 Å². The first-order valence-corrected chi connectivity index (χ1v) is 14.0. The van der Waals surface area contributed by atoms with Gasteiger partial charge in [-0.1, -0.05) is 53.5 Å². The summed E-state index contributed by atoms with van der Waals surface area (Å²) in [6.45, 7) is 3.01. The number of carbonyl (C=O) groups excluding carboxylic acids is 1. The van der Waals surface area contributed by atoms with E-state index in [1.54, 1.807) is 18.2 Å². The van der Waals surface area contributed by atoms with Gasteiger partial charge in [0.2, 0.25) is 0 Å². The third-order valence-corrected chi connectivity index (χ3v) is 8.50. The number of amides is 1. The topological polar surface area (TPSA) is 127 Å². The van der Waals surface area contributed by atoms with Crippen LogP contribution in [0.15, 0.2) is 88.9 Å². The van der Waals surface area contributed by atoms with Crippen molar-refractivity contribution in [3.05, 3.63) is 116 Å². The summed E-state index contributed by atoms with van der Waals surface area (Å²) in [6, 6.07) is 19.8. The Morgan fingerprint density at radius 1 is 1.02 bits per heavy atom. The number of nitrogens with zero attached hydrogens (tertiary/aromatic N) is 4. The van der Waals surface area contributed by atoms with Gasteiger partial charge in [0.25, 0.3) is 21.6 Å². The molecular formula is C27H23Cl2N5O5S. The van der Waals surface area contributed by atoms with Crippen LogP contribution in [-0.2, 0) is 14.8 Å². The highest BCUT2D eigenvalue weighted by Gasteiger charge is 2.31. The van der Waals surface area contributed by atoms with Gasteiger partial charge in [0.1, 0.15) is 12.2 Å². The number of aryl methyl sites for hydroxylation is 1. The van der Waals surface area contributed by atoms with Crippen LogP contribution >= 0.6 is 23.2 Å². The number of benzene rings is 3. The number of hydrogen-bond donors (Lipinski definition) is 1. The molecule has 3 aromatic carbocycles. The summed E-state index contributed by atoms with van der Waals surface area (Å²) in [5.41, 5.74) is 4.77. The smallest absolute Gasteiger partial charge is 0.293 e.